The molecule has 1 N–H and O–H groups in total. The van der Waals surface area contributed by atoms with Gasteiger partial charge in [-0.1, -0.05) is 27.7 Å². The molecule has 0 saturated heterocycles. The van der Waals surface area contributed by atoms with E-state index < -0.39 is 0 Å². The Labute approximate surface area is 108 Å². The average Bonchev–Trinajstić information content (AvgIpc) is 2.63. The Balaban J connectivity index is 3.21. The van der Waals surface area contributed by atoms with Crippen molar-refractivity contribution in [3.63, 3.8) is 0 Å². The van der Waals surface area contributed by atoms with Crippen molar-refractivity contribution in [2.45, 2.75) is 52.5 Å². The summed E-state index contributed by atoms with van der Waals surface area (Å²) in [5.41, 5.74) is 0.648. The summed E-state index contributed by atoms with van der Waals surface area (Å²) in [6.45, 7) is 7.95. The molecule has 0 amide bonds. The molecule has 0 bridgehead atoms. The monoisotopic (exact) mass is 254 g/mol. The molecule has 6 heteroatoms. The minimum atomic E-state index is -0.340. The van der Waals surface area contributed by atoms with Crippen LogP contribution in [0.5, 0.6) is 0 Å². The number of anilines is 1. The van der Waals surface area contributed by atoms with E-state index in [2.05, 4.69) is 24.3 Å². The minimum absolute atomic E-state index is 0.0360. The minimum Gasteiger partial charge on any atom is -0.362 e. The van der Waals surface area contributed by atoms with Crippen LogP contribution in [0.1, 0.15) is 52.1 Å². The normalized spacial score (nSPS) is 11.3. The molecule has 1 rings (SSSR count). The van der Waals surface area contributed by atoms with Gasteiger partial charge in [0.25, 0.3) is 0 Å². The molecular formula is C12H22N4O2. The number of aromatic nitrogens is 2. The maximum Gasteiger partial charge on any atom is 0.334 e. The lowest BCUT2D eigenvalue weighted by molar-refractivity contribution is -0.384. The van der Waals surface area contributed by atoms with Gasteiger partial charge in [-0.25, -0.2) is 4.68 Å². The average molecular weight is 254 g/mol. The van der Waals surface area contributed by atoms with Gasteiger partial charge in [0.15, 0.2) is 0 Å². The molecule has 0 fully saturated rings. The van der Waals surface area contributed by atoms with Crippen LogP contribution in [0.3, 0.4) is 0 Å². The Kier molecular flexibility index (Phi) is 4.69. The number of nitro groups is 1. The lowest BCUT2D eigenvalue weighted by Gasteiger charge is -2.15. The first-order chi connectivity index (χ1) is 8.42. The van der Waals surface area contributed by atoms with Gasteiger partial charge in [0.2, 0.25) is 5.82 Å². The van der Waals surface area contributed by atoms with E-state index in [0.717, 1.165) is 12.8 Å². The Bertz CT molecular complexity index is 422. The van der Waals surface area contributed by atoms with Gasteiger partial charge in [-0.05, 0) is 12.8 Å². The number of nitrogens with one attached hydrogen (secondary N) is 1. The van der Waals surface area contributed by atoms with E-state index in [1.807, 2.05) is 13.8 Å². The first kappa shape index (κ1) is 14.5. The van der Waals surface area contributed by atoms with Crippen LogP contribution >= 0.6 is 0 Å². The van der Waals surface area contributed by atoms with Crippen molar-refractivity contribution in [1.82, 2.24) is 9.78 Å². The third-order valence-corrected chi connectivity index (χ3v) is 3.10. The third-order valence-electron chi connectivity index (χ3n) is 3.10. The van der Waals surface area contributed by atoms with Crippen molar-refractivity contribution in [1.29, 1.82) is 0 Å². The fourth-order valence-corrected chi connectivity index (χ4v) is 1.95. The highest BCUT2D eigenvalue weighted by Crippen LogP contribution is 2.33. The predicted octanol–water partition coefficient (Wildman–Crippen LogP) is 3.05. The molecule has 0 radical (unpaired) electrons. The zero-order valence-corrected chi connectivity index (χ0v) is 11.7. The van der Waals surface area contributed by atoms with Crippen LogP contribution in [0.25, 0.3) is 0 Å². The van der Waals surface area contributed by atoms with E-state index in [0.29, 0.717) is 11.5 Å². The molecule has 1 aromatic rings. The number of aryl methyl sites for hydroxylation is 1. The van der Waals surface area contributed by atoms with Gasteiger partial charge in [-0.15, -0.1) is 0 Å². The Morgan fingerprint density at radius 3 is 2.33 bits per heavy atom. The Morgan fingerprint density at radius 1 is 1.39 bits per heavy atom. The molecular weight excluding hydrogens is 232 g/mol. The number of hydrogen-bond donors (Lipinski definition) is 1. The highest BCUT2D eigenvalue weighted by molar-refractivity contribution is 5.61. The van der Waals surface area contributed by atoms with Gasteiger partial charge in [0, 0.05) is 19.0 Å². The maximum absolute atomic E-state index is 11.2. The van der Waals surface area contributed by atoms with Crippen LogP contribution in [0.15, 0.2) is 0 Å². The highest BCUT2D eigenvalue weighted by atomic mass is 16.6. The van der Waals surface area contributed by atoms with Crippen molar-refractivity contribution in [2.75, 3.05) is 5.32 Å². The zero-order chi connectivity index (χ0) is 13.9. The maximum atomic E-state index is 11.2. The van der Waals surface area contributed by atoms with Crippen LogP contribution in [-0.4, -0.2) is 20.7 Å². The van der Waals surface area contributed by atoms with Crippen molar-refractivity contribution in [3.8, 4) is 0 Å². The second-order valence-electron chi connectivity index (χ2n) is 4.78. The molecule has 1 heterocycles. The van der Waals surface area contributed by atoms with Gasteiger partial charge < -0.3 is 5.32 Å². The predicted molar refractivity (Wildman–Crippen MR) is 71.9 cm³/mol. The molecule has 6 nitrogen and oxygen atoms in total. The summed E-state index contributed by atoms with van der Waals surface area (Å²) in [5.74, 6) is 0.547. The summed E-state index contributed by atoms with van der Waals surface area (Å²) >= 11 is 0. The molecule has 0 spiro atoms. The first-order valence-electron chi connectivity index (χ1n) is 6.40. The van der Waals surface area contributed by atoms with E-state index in [1.165, 1.54) is 0 Å². The molecule has 18 heavy (non-hydrogen) atoms. The standard InChI is InChI=1S/C12H22N4O2/c1-6-9(7-2)13-12-11(16(17)18)10(8(3)4)14-15(12)5/h8-9,13H,6-7H2,1-5H3. The molecule has 0 atom stereocenters. The molecule has 1 aromatic heterocycles. The Hall–Kier alpha value is -1.59. The van der Waals surface area contributed by atoms with Gasteiger partial charge in [-0.2, -0.15) is 5.10 Å². The molecule has 0 aromatic carbocycles. The first-order valence-corrected chi connectivity index (χ1v) is 6.40. The summed E-state index contributed by atoms with van der Waals surface area (Å²) < 4.78 is 1.58. The van der Waals surface area contributed by atoms with Gasteiger partial charge in [0.1, 0.15) is 5.69 Å². The number of nitrogens with zero attached hydrogens (tertiary/aromatic N) is 3. The van der Waals surface area contributed by atoms with Gasteiger partial charge in [0.05, 0.1) is 4.92 Å². The molecule has 0 saturated carbocycles. The quantitative estimate of drug-likeness (QED) is 0.625. The van der Waals surface area contributed by atoms with Crippen LogP contribution in [0.2, 0.25) is 0 Å². The van der Waals surface area contributed by atoms with Crippen LogP contribution in [0.4, 0.5) is 11.5 Å². The lowest BCUT2D eigenvalue weighted by atomic mass is 10.1. The van der Waals surface area contributed by atoms with Crippen LogP contribution in [0, 0.1) is 10.1 Å². The molecule has 0 aliphatic rings. The van der Waals surface area contributed by atoms with Gasteiger partial charge in [-0.3, -0.25) is 10.1 Å². The van der Waals surface area contributed by atoms with Crippen molar-refractivity contribution in [2.24, 2.45) is 7.05 Å². The summed E-state index contributed by atoms with van der Waals surface area (Å²) in [4.78, 5) is 10.9. The topological polar surface area (TPSA) is 73.0 Å². The van der Waals surface area contributed by atoms with Crippen LogP contribution in [-0.2, 0) is 7.05 Å². The summed E-state index contributed by atoms with van der Waals surface area (Å²) in [5, 5.41) is 18.7. The molecule has 0 aliphatic carbocycles. The number of hydrogen-bond acceptors (Lipinski definition) is 4. The smallest absolute Gasteiger partial charge is 0.334 e. The molecule has 0 aliphatic heterocycles. The van der Waals surface area contributed by atoms with Crippen molar-refractivity contribution >= 4 is 11.5 Å². The lowest BCUT2D eigenvalue weighted by Crippen LogP contribution is -2.19. The SMILES string of the molecule is CCC(CC)Nc1c([N+](=O)[O-])c(C(C)C)nn1C. The van der Waals surface area contributed by atoms with E-state index in [4.69, 9.17) is 0 Å². The number of rotatable bonds is 6. The fourth-order valence-electron chi connectivity index (χ4n) is 1.95. The van der Waals surface area contributed by atoms with E-state index in [1.54, 1.807) is 11.7 Å². The summed E-state index contributed by atoms with van der Waals surface area (Å²) in [6.07, 6.45) is 1.85. The van der Waals surface area contributed by atoms with E-state index in [9.17, 15) is 10.1 Å². The summed E-state index contributed by atoms with van der Waals surface area (Å²) in [6, 6.07) is 0.235. The second kappa shape index (κ2) is 5.84. The molecule has 102 valence electrons. The zero-order valence-electron chi connectivity index (χ0n) is 11.7. The largest absolute Gasteiger partial charge is 0.362 e. The molecule has 0 unspecified atom stereocenters. The van der Waals surface area contributed by atoms with E-state index >= 15 is 0 Å². The van der Waals surface area contributed by atoms with E-state index in [-0.39, 0.29) is 22.6 Å². The van der Waals surface area contributed by atoms with Crippen LogP contribution < -0.4 is 5.32 Å². The van der Waals surface area contributed by atoms with Gasteiger partial charge >= 0.3 is 5.69 Å². The Morgan fingerprint density at radius 2 is 1.94 bits per heavy atom. The second-order valence-corrected chi connectivity index (χ2v) is 4.78. The highest BCUT2D eigenvalue weighted by Gasteiger charge is 2.29. The third kappa shape index (κ3) is 2.80. The van der Waals surface area contributed by atoms with Crippen molar-refractivity contribution < 1.29 is 4.92 Å². The fraction of sp³-hybridized carbons (Fsp3) is 0.750. The van der Waals surface area contributed by atoms with Crippen molar-refractivity contribution in [3.05, 3.63) is 15.8 Å². The summed E-state index contributed by atoms with van der Waals surface area (Å²) in [7, 11) is 1.74.